The summed E-state index contributed by atoms with van der Waals surface area (Å²) < 4.78 is 0. The lowest BCUT2D eigenvalue weighted by Crippen LogP contribution is -2.48. The summed E-state index contributed by atoms with van der Waals surface area (Å²) in [5, 5.41) is 9.20. The highest BCUT2D eigenvalue weighted by Gasteiger charge is 2.43. The van der Waals surface area contributed by atoms with Crippen LogP contribution >= 0.6 is 34.0 Å². The molecule has 4 heteroatoms. The Morgan fingerprint density at radius 3 is 1.83 bits per heavy atom. The second-order valence-electron chi connectivity index (χ2n) is 8.03. The van der Waals surface area contributed by atoms with Crippen LogP contribution in [0.5, 0.6) is 0 Å². The summed E-state index contributed by atoms with van der Waals surface area (Å²) in [6.07, 6.45) is 5.83. The number of piperidine rings is 1. The van der Waals surface area contributed by atoms with Crippen molar-refractivity contribution in [2.24, 2.45) is 5.92 Å². The molecular formula is C25H36Br2N2. The molecule has 1 saturated heterocycles. The average Bonchev–Trinajstić information content (AvgIpc) is 2.71. The van der Waals surface area contributed by atoms with Gasteiger partial charge in [-0.25, -0.2) is 0 Å². The molecule has 1 fully saturated rings. The molecule has 2 nitrogen and oxygen atoms in total. The van der Waals surface area contributed by atoms with Crippen molar-refractivity contribution in [2.45, 2.75) is 51.4 Å². The minimum absolute atomic E-state index is 0. The van der Waals surface area contributed by atoms with Crippen molar-refractivity contribution < 1.29 is 0 Å². The predicted octanol–water partition coefficient (Wildman–Crippen LogP) is 7.07. The van der Waals surface area contributed by atoms with E-state index in [0.29, 0.717) is 5.92 Å². The van der Waals surface area contributed by atoms with Gasteiger partial charge in [0, 0.05) is 12.3 Å². The SMILES string of the molecule is Br.Br.CCCC(=N)C(c1ccccc1)(c1ccccc1)C(C)CN1CCCCC1. The van der Waals surface area contributed by atoms with Gasteiger partial charge in [-0.1, -0.05) is 87.4 Å². The normalized spacial score (nSPS) is 15.7. The highest BCUT2D eigenvalue weighted by atomic mass is 79.9. The van der Waals surface area contributed by atoms with Gasteiger partial charge in [-0.05, 0) is 49.4 Å². The fourth-order valence-electron chi connectivity index (χ4n) is 4.90. The van der Waals surface area contributed by atoms with E-state index >= 15 is 0 Å². The Bertz CT molecular complexity index is 673. The molecule has 29 heavy (non-hydrogen) atoms. The number of nitrogens with zero attached hydrogens (tertiary/aromatic N) is 1. The van der Waals surface area contributed by atoms with Crippen molar-refractivity contribution in [1.82, 2.24) is 4.90 Å². The Kier molecular flexibility index (Phi) is 11.4. The minimum Gasteiger partial charge on any atom is -0.308 e. The molecule has 3 rings (SSSR count). The van der Waals surface area contributed by atoms with E-state index < -0.39 is 0 Å². The Morgan fingerprint density at radius 1 is 0.897 bits per heavy atom. The number of hydrogen-bond donors (Lipinski definition) is 1. The maximum atomic E-state index is 9.20. The fraction of sp³-hybridized carbons (Fsp3) is 0.480. The van der Waals surface area contributed by atoms with Gasteiger partial charge in [0.15, 0.2) is 0 Å². The molecule has 0 aromatic heterocycles. The molecule has 160 valence electrons. The number of likely N-dealkylation sites (tertiary alicyclic amines) is 1. The molecular weight excluding hydrogens is 488 g/mol. The third kappa shape index (κ3) is 5.80. The largest absolute Gasteiger partial charge is 0.308 e. The zero-order valence-corrected chi connectivity index (χ0v) is 21.2. The summed E-state index contributed by atoms with van der Waals surface area (Å²) in [4.78, 5) is 2.62. The van der Waals surface area contributed by atoms with Crippen LogP contribution in [-0.2, 0) is 5.41 Å². The summed E-state index contributed by atoms with van der Waals surface area (Å²) in [7, 11) is 0. The molecule has 1 aliphatic rings. The quantitative estimate of drug-likeness (QED) is 0.368. The summed E-state index contributed by atoms with van der Waals surface area (Å²) in [6.45, 7) is 8.00. The van der Waals surface area contributed by atoms with Gasteiger partial charge in [0.1, 0.15) is 0 Å². The maximum Gasteiger partial charge on any atom is 0.0615 e. The Balaban J connectivity index is 0.00000210. The van der Waals surface area contributed by atoms with Gasteiger partial charge in [-0.15, -0.1) is 34.0 Å². The molecule has 0 radical (unpaired) electrons. The first kappa shape index (κ1) is 26.1. The molecule has 0 spiro atoms. The second-order valence-corrected chi connectivity index (χ2v) is 8.03. The fourth-order valence-corrected chi connectivity index (χ4v) is 4.90. The van der Waals surface area contributed by atoms with Crippen LogP contribution in [0.3, 0.4) is 0 Å². The minimum atomic E-state index is -0.351. The first-order valence-corrected chi connectivity index (χ1v) is 10.6. The highest BCUT2D eigenvalue weighted by Crippen LogP contribution is 2.42. The van der Waals surface area contributed by atoms with E-state index in [0.717, 1.165) is 25.1 Å². The standard InChI is InChI=1S/C25H34N2.2BrH/c1-3-13-24(26)25(22-14-7-4-8-15-22,23-16-9-5-10-17-23)21(2)20-27-18-11-6-12-19-27;;/h4-5,7-10,14-17,21,26H,3,6,11-13,18-20H2,1-2H3;2*1H. The van der Waals surface area contributed by atoms with Gasteiger partial charge < -0.3 is 10.3 Å². The van der Waals surface area contributed by atoms with E-state index in [1.54, 1.807) is 0 Å². The third-order valence-corrected chi connectivity index (χ3v) is 6.15. The number of halogens is 2. The Hall–Kier alpha value is -0.970. The Morgan fingerprint density at radius 2 is 1.38 bits per heavy atom. The summed E-state index contributed by atoms with van der Waals surface area (Å²) in [6, 6.07) is 21.6. The molecule has 1 unspecified atom stereocenters. The molecule has 1 aliphatic heterocycles. The summed E-state index contributed by atoms with van der Waals surface area (Å²) >= 11 is 0. The van der Waals surface area contributed by atoms with Crippen LogP contribution in [0.4, 0.5) is 0 Å². The number of rotatable bonds is 8. The van der Waals surface area contributed by atoms with Crippen molar-refractivity contribution in [3.8, 4) is 0 Å². The van der Waals surface area contributed by atoms with Crippen LogP contribution in [0.2, 0.25) is 0 Å². The number of nitrogens with one attached hydrogen (secondary N) is 1. The average molecular weight is 524 g/mol. The monoisotopic (exact) mass is 522 g/mol. The van der Waals surface area contributed by atoms with Gasteiger partial charge in [0.25, 0.3) is 0 Å². The van der Waals surface area contributed by atoms with Crippen LogP contribution in [0, 0.1) is 11.3 Å². The molecule has 0 aliphatic carbocycles. The van der Waals surface area contributed by atoms with Gasteiger partial charge >= 0.3 is 0 Å². The van der Waals surface area contributed by atoms with Gasteiger partial charge in [0.2, 0.25) is 0 Å². The smallest absolute Gasteiger partial charge is 0.0615 e. The van der Waals surface area contributed by atoms with Gasteiger partial charge in [0.05, 0.1) is 5.41 Å². The third-order valence-electron chi connectivity index (χ3n) is 6.15. The summed E-state index contributed by atoms with van der Waals surface area (Å²) in [5.41, 5.74) is 3.03. The van der Waals surface area contributed by atoms with E-state index in [2.05, 4.69) is 79.4 Å². The van der Waals surface area contributed by atoms with Gasteiger partial charge in [-0.2, -0.15) is 0 Å². The lowest BCUT2D eigenvalue weighted by atomic mass is 9.62. The molecule has 1 atom stereocenters. The lowest BCUT2D eigenvalue weighted by Gasteiger charge is -2.43. The van der Waals surface area contributed by atoms with Crippen LogP contribution in [0.25, 0.3) is 0 Å². The molecule has 2 aromatic rings. The predicted molar refractivity (Wildman–Crippen MR) is 136 cm³/mol. The molecule has 0 amide bonds. The van der Waals surface area contributed by atoms with Crippen LogP contribution in [-0.4, -0.2) is 30.2 Å². The van der Waals surface area contributed by atoms with E-state index in [4.69, 9.17) is 0 Å². The topological polar surface area (TPSA) is 27.1 Å². The van der Waals surface area contributed by atoms with E-state index in [9.17, 15) is 5.41 Å². The first-order valence-electron chi connectivity index (χ1n) is 10.6. The number of hydrogen-bond acceptors (Lipinski definition) is 2. The van der Waals surface area contributed by atoms with Crippen molar-refractivity contribution >= 4 is 39.7 Å². The molecule has 0 bridgehead atoms. The van der Waals surface area contributed by atoms with Crippen LogP contribution in [0.1, 0.15) is 57.1 Å². The van der Waals surface area contributed by atoms with Crippen LogP contribution in [0.15, 0.2) is 60.7 Å². The molecule has 1 N–H and O–H groups in total. The molecule has 2 aromatic carbocycles. The van der Waals surface area contributed by atoms with Crippen molar-refractivity contribution in [3.63, 3.8) is 0 Å². The van der Waals surface area contributed by atoms with E-state index in [1.165, 1.54) is 43.5 Å². The van der Waals surface area contributed by atoms with E-state index in [1.807, 2.05) is 0 Å². The molecule has 0 saturated carbocycles. The lowest BCUT2D eigenvalue weighted by molar-refractivity contribution is 0.184. The number of benzene rings is 2. The maximum absolute atomic E-state index is 9.20. The summed E-state index contributed by atoms with van der Waals surface area (Å²) in [5.74, 6) is 0.347. The first-order chi connectivity index (χ1) is 13.2. The van der Waals surface area contributed by atoms with E-state index in [-0.39, 0.29) is 39.4 Å². The highest BCUT2D eigenvalue weighted by molar-refractivity contribution is 8.93. The van der Waals surface area contributed by atoms with Gasteiger partial charge in [-0.3, -0.25) is 0 Å². The molecule has 1 heterocycles. The second kappa shape index (κ2) is 12.7. The van der Waals surface area contributed by atoms with Crippen molar-refractivity contribution in [1.29, 1.82) is 5.41 Å². The zero-order chi connectivity index (χ0) is 19.1. The van der Waals surface area contributed by atoms with Crippen molar-refractivity contribution in [2.75, 3.05) is 19.6 Å². The van der Waals surface area contributed by atoms with Crippen molar-refractivity contribution in [3.05, 3.63) is 71.8 Å². The Labute approximate surface area is 198 Å². The zero-order valence-electron chi connectivity index (χ0n) is 17.8. The van der Waals surface area contributed by atoms with Crippen LogP contribution < -0.4 is 0 Å².